The maximum atomic E-state index is 13.3. The highest BCUT2D eigenvalue weighted by molar-refractivity contribution is 6.12. The Hall–Kier alpha value is -5.06. The first-order valence-corrected chi connectivity index (χ1v) is 15.8. The van der Waals surface area contributed by atoms with E-state index in [0.717, 1.165) is 44.1 Å². The van der Waals surface area contributed by atoms with E-state index in [0.29, 0.717) is 29.4 Å². The van der Waals surface area contributed by atoms with E-state index in [1.165, 1.54) is 38.4 Å². The van der Waals surface area contributed by atoms with Gasteiger partial charge in [0.2, 0.25) is 0 Å². The zero-order valence-corrected chi connectivity index (χ0v) is 27.3. The topological polar surface area (TPSA) is 148 Å². The highest BCUT2D eigenvalue weighted by atomic mass is 19.4. The van der Waals surface area contributed by atoms with Gasteiger partial charge in [-0.15, -0.1) is 0 Å². The number of halogens is 6. The summed E-state index contributed by atoms with van der Waals surface area (Å²) in [5.41, 5.74) is 1.89. The molecule has 2 heterocycles. The number of fused-ring (bicyclic) bond motifs is 1. The summed E-state index contributed by atoms with van der Waals surface area (Å²) in [5.74, 6) is -5.66. The third-order valence-corrected chi connectivity index (χ3v) is 7.97. The number of alkyl halides is 6. The summed E-state index contributed by atoms with van der Waals surface area (Å²) in [4.78, 5) is 49.4. The van der Waals surface area contributed by atoms with E-state index < -0.39 is 30.3 Å². The number of aromatic carboxylic acids is 1. The number of ether oxygens (including phenoxy) is 1. The van der Waals surface area contributed by atoms with Crippen LogP contribution in [0.1, 0.15) is 46.4 Å². The Balaban J connectivity index is 0.000000424. The highest BCUT2D eigenvalue weighted by Gasteiger charge is 2.39. The zero-order chi connectivity index (χ0) is 37.8. The van der Waals surface area contributed by atoms with E-state index in [9.17, 15) is 41.0 Å². The van der Waals surface area contributed by atoms with E-state index in [1.807, 2.05) is 29.2 Å². The average Bonchev–Trinajstić information content (AvgIpc) is 3.10. The molecule has 0 spiro atoms. The molecule has 0 atom stereocenters. The molecule has 0 aliphatic carbocycles. The van der Waals surface area contributed by atoms with Crippen molar-refractivity contribution < 1.29 is 65.6 Å². The molecule has 1 amide bonds. The van der Waals surface area contributed by atoms with Crippen LogP contribution in [0.2, 0.25) is 0 Å². The number of carbonyl (C=O) groups excluding carboxylic acids is 1. The summed E-state index contributed by atoms with van der Waals surface area (Å²) in [5, 5.41) is 25.0. The number of benzene rings is 3. The molecule has 2 aliphatic heterocycles. The Labute approximate surface area is 288 Å². The molecule has 2 saturated heterocycles. The fourth-order valence-electron chi connectivity index (χ4n) is 5.42. The number of carboxylic acids is 3. The molecule has 3 N–H and O–H groups in total. The standard InChI is InChI=1S/C30H35N3O4.2C2HF3O2/c34-29(27-13-14-28(30(35)36)26-8-3-2-7-25(26)27)33-20-18-32(19-21-33)23-9-11-24(12-10-23)37-22-6-17-31-15-4-1-5-16-31;2*3-2(4,5)1(6)7/h2-3,7-14H,1,4-6,15-22H2,(H,35,36);2*(H,6,7). The van der Waals surface area contributed by atoms with Crippen LogP contribution in [0.15, 0.2) is 60.7 Å². The van der Waals surface area contributed by atoms with Gasteiger partial charge in [-0.3, -0.25) is 4.79 Å². The van der Waals surface area contributed by atoms with Crippen molar-refractivity contribution in [3.8, 4) is 5.75 Å². The molecule has 0 radical (unpaired) electrons. The first-order valence-electron chi connectivity index (χ1n) is 15.8. The molecule has 5 rings (SSSR count). The van der Waals surface area contributed by atoms with Crippen molar-refractivity contribution in [2.75, 3.05) is 57.3 Å². The van der Waals surface area contributed by atoms with E-state index in [1.54, 1.807) is 18.2 Å². The molecule has 3 aromatic rings. The van der Waals surface area contributed by atoms with Gasteiger partial charge >= 0.3 is 30.3 Å². The van der Waals surface area contributed by atoms with Crippen molar-refractivity contribution in [2.24, 2.45) is 0 Å². The lowest BCUT2D eigenvalue weighted by Crippen LogP contribution is -2.48. The zero-order valence-electron chi connectivity index (χ0n) is 27.3. The Morgan fingerprint density at radius 3 is 1.63 bits per heavy atom. The summed E-state index contributed by atoms with van der Waals surface area (Å²) >= 11 is 0. The number of aliphatic carboxylic acids is 2. The molecule has 11 nitrogen and oxygen atoms in total. The number of carboxylic acid groups (broad SMARTS) is 3. The maximum absolute atomic E-state index is 13.3. The number of hydrogen-bond acceptors (Lipinski definition) is 7. The fraction of sp³-hybridized carbons (Fsp3) is 0.412. The molecule has 17 heteroatoms. The largest absolute Gasteiger partial charge is 0.494 e. The molecule has 0 unspecified atom stereocenters. The summed E-state index contributed by atoms with van der Waals surface area (Å²) in [7, 11) is 0. The molecular weight excluding hydrogens is 692 g/mol. The van der Waals surface area contributed by atoms with Crippen molar-refractivity contribution in [3.63, 3.8) is 0 Å². The summed E-state index contributed by atoms with van der Waals surface area (Å²) in [6.07, 6.45) is -5.11. The second kappa shape index (κ2) is 18.3. The molecule has 51 heavy (non-hydrogen) atoms. The van der Waals surface area contributed by atoms with Gasteiger partial charge in [-0.25, -0.2) is 14.4 Å². The van der Waals surface area contributed by atoms with Crippen LogP contribution in [-0.2, 0) is 9.59 Å². The Kier molecular flexibility index (Phi) is 14.5. The van der Waals surface area contributed by atoms with Gasteiger partial charge in [0, 0.05) is 44.0 Å². The molecule has 3 aromatic carbocycles. The minimum absolute atomic E-state index is 0.0545. The first-order chi connectivity index (χ1) is 24.0. The molecule has 0 aromatic heterocycles. The normalized spacial score (nSPS) is 15.2. The number of hydrogen-bond donors (Lipinski definition) is 3. The lowest BCUT2D eigenvalue weighted by molar-refractivity contribution is -0.193. The number of nitrogens with zero attached hydrogens (tertiary/aromatic N) is 3. The van der Waals surface area contributed by atoms with Crippen molar-refractivity contribution >= 4 is 40.3 Å². The molecule has 278 valence electrons. The number of anilines is 1. The van der Waals surface area contributed by atoms with Crippen LogP contribution in [0.3, 0.4) is 0 Å². The Morgan fingerprint density at radius 1 is 0.647 bits per heavy atom. The van der Waals surface area contributed by atoms with Crippen LogP contribution in [0.25, 0.3) is 10.8 Å². The molecule has 0 bridgehead atoms. The predicted molar refractivity (Wildman–Crippen MR) is 173 cm³/mol. The minimum atomic E-state index is -5.08. The second-order valence-electron chi connectivity index (χ2n) is 11.5. The van der Waals surface area contributed by atoms with Crippen molar-refractivity contribution in [2.45, 2.75) is 38.0 Å². The van der Waals surface area contributed by atoms with E-state index >= 15 is 0 Å². The number of rotatable bonds is 8. The van der Waals surface area contributed by atoms with Gasteiger partial charge in [-0.2, -0.15) is 26.3 Å². The van der Waals surface area contributed by atoms with Crippen LogP contribution in [0, 0.1) is 0 Å². The van der Waals surface area contributed by atoms with Crippen LogP contribution in [0.5, 0.6) is 5.75 Å². The van der Waals surface area contributed by atoms with Crippen molar-refractivity contribution in [1.29, 1.82) is 0 Å². The maximum Gasteiger partial charge on any atom is 0.490 e. The molecule has 2 fully saturated rings. The van der Waals surface area contributed by atoms with Gasteiger partial charge in [-0.1, -0.05) is 30.7 Å². The molecular formula is C34H37F6N3O8. The molecule has 0 saturated carbocycles. The van der Waals surface area contributed by atoms with Crippen LogP contribution < -0.4 is 9.64 Å². The van der Waals surface area contributed by atoms with Crippen LogP contribution >= 0.6 is 0 Å². The summed E-state index contributed by atoms with van der Waals surface area (Å²) in [6, 6.07) is 18.6. The van der Waals surface area contributed by atoms with Crippen LogP contribution in [0.4, 0.5) is 32.0 Å². The number of likely N-dealkylation sites (tertiary alicyclic amines) is 1. The highest BCUT2D eigenvalue weighted by Crippen LogP contribution is 2.26. The predicted octanol–water partition coefficient (Wildman–Crippen LogP) is 6.02. The monoisotopic (exact) mass is 729 g/mol. The minimum Gasteiger partial charge on any atom is -0.494 e. The van der Waals surface area contributed by atoms with E-state index in [2.05, 4.69) is 21.9 Å². The fourth-order valence-corrected chi connectivity index (χ4v) is 5.42. The first kappa shape index (κ1) is 40.4. The van der Waals surface area contributed by atoms with Gasteiger partial charge in [0.1, 0.15) is 5.75 Å². The number of amides is 1. The number of piperidine rings is 1. The summed E-state index contributed by atoms with van der Waals surface area (Å²) < 4.78 is 69.4. The van der Waals surface area contributed by atoms with Crippen molar-refractivity contribution in [3.05, 3.63) is 71.8 Å². The third kappa shape index (κ3) is 12.3. The van der Waals surface area contributed by atoms with Crippen LogP contribution in [-0.4, -0.2) is 114 Å². The SMILES string of the molecule is O=C(O)C(F)(F)F.O=C(O)C(F)(F)F.O=C(O)c1ccc(C(=O)N2CCN(c3ccc(OCCCN4CCCCC4)cc3)CC2)c2ccccc12. The van der Waals surface area contributed by atoms with Gasteiger partial charge in [0.05, 0.1) is 12.2 Å². The van der Waals surface area contributed by atoms with E-state index in [4.69, 9.17) is 24.5 Å². The lowest BCUT2D eigenvalue weighted by Gasteiger charge is -2.36. The second-order valence-corrected chi connectivity index (χ2v) is 11.5. The quantitative estimate of drug-likeness (QED) is 0.186. The van der Waals surface area contributed by atoms with Crippen molar-refractivity contribution in [1.82, 2.24) is 9.80 Å². The van der Waals surface area contributed by atoms with Gasteiger partial charge in [0.15, 0.2) is 0 Å². The smallest absolute Gasteiger partial charge is 0.490 e. The van der Waals surface area contributed by atoms with Gasteiger partial charge < -0.3 is 34.8 Å². The molecule has 2 aliphatic rings. The average molecular weight is 730 g/mol. The number of carbonyl (C=O) groups is 4. The van der Waals surface area contributed by atoms with E-state index in [-0.39, 0.29) is 11.5 Å². The Bertz CT molecular complexity index is 1610. The Morgan fingerprint density at radius 2 is 1.14 bits per heavy atom. The lowest BCUT2D eigenvalue weighted by atomic mass is 9.98. The van der Waals surface area contributed by atoms with Gasteiger partial charge in [-0.05, 0) is 79.5 Å². The summed E-state index contributed by atoms with van der Waals surface area (Å²) in [6.45, 7) is 7.01. The van der Waals surface area contributed by atoms with Gasteiger partial charge in [0.25, 0.3) is 5.91 Å². The third-order valence-electron chi connectivity index (χ3n) is 7.97. The number of piperazine rings is 1.